The van der Waals surface area contributed by atoms with Crippen LogP contribution in [0.3, 0.4) is 0 Å². The number of hydrogen-bond acceptors (Lipinski definition) is 3. The molecule has 0 saturated heterocycles. The van der Waals surface area contributed by atoms with Gasteiger partial charge in [0.1, 0.15) is 11.2 Å². The number of nitrogens with one attached hydrogen (secondary N) is 1. The Bertz CT molecular complexity index is 759. The van der Waals surface area contributed by atoms with Gasteiger partial charge in [0.2, 0.25) is 5.91 Å². The Hall–Kier alpha value is -2.33. The first-order valence-corrected chi connectivity index (χ1v) is 6.13. The second-order valence-electron chi connectivity index (χ2n) is 4.59. The number of nitrogens with two attached hydrogens (primary N) is 1. The van der Waals surface area contributed by atoms with Crippen molar-refractivity contribution < 1.29 is 9.21 Å². The topological polar surface area (TPSA) is 68.3 Å². The minimum atomic E-state index is -0.531. The molecule has 3 rings (SSSR count). The Kier molecular flexibility index (Phi) is 2.72. The van der Waals surface area contributed by atoms with E-state index in [1.165, 1.54) is 0 Å². The number of fused-ring (bicyclic) bond motifs is 3. The minimum absolute atomic E-state index is 0.202. The molecule has 3 N–H and O–H groups in total. The lowest BCUT2D eigenvalue weighted by molar-refractivity contribution is -0.117. The summed E-state index contributed by atoms with van der Waals surface area (Å²) >= 11 is 0. The molecule has 4 heteroatoms. The van der Waals surface area contributed by atoms with Crippen molar-refractivity contribution in [2.45, 2.75) is 13.0 Å². The molecule has 96 valence electrons. The zero-order valence-corrected chi connectivity index (χ0v) is 10.5. The first-order chi connectivity index (χ1) is 9.15. The van der Waals surface area contributed by atoms with Gasteiger partial charge in [-0.25, -0.2) is 0 Å². The van der Waals surface area contributed by atoms with Gasteiger partial charge in [-0.05, 0) is 31.2 Å². The van der Waals surface area contributed by atoms with E-state index in [1.807, 2.05) is 42.5 Å². The van der Waals surface area contributed by atoms with Gasteiger partial charge in [0.05, 0.1) is 6.04 Å². The molecular formula is C15H14N2O2. The van der Waals surface area contributed by atoms with Crippen LogP contribution in [-0.4, -0.2) is 11.9 Å². The van der Waals surface area contributed by atoms with E-state index in [4.69, 9.17) is 10.2 Å². The molecule has 1 heterocycles. The highest BCUT2D eigenvalue weighted by atomic mass is 16.3. The Labute approximate surface area is 110 Å². The van der Waals surface area contributed by atoms with E-state index in [1.54, 1.807) is 6.92 Å². The van der Waals surface area contributed by atoms with Gasteiger partial charge in [-0.3, -0.25) is 4.79 Å². The number of hydrogen-bond donors (Lipinski definition) is 2. The van der Waals surface area contributed by atoms with Crippen LogP contribution in [0, 0.1) is 0 Å². The van der Waals surface area contributed by atoms with Crippen molar-refractivity contribution in [1.82, 2.24) is 0 Å². The van der Waals surface area contributed by atoms with Gasteiger partial charge in [-0.1, -0.05) is 18.2 Å². The van der Waals surface area contributed by atoms with Crippen LogP contribution in [-0.2, 0) is 4.79 Å². The third-order valence-electron chi connectivity index (χ3n) is 3.06. The molecule has 1 atom stereocenters. The van der Waals surface area contributed by atoms with E-state index < -0.39 is 6.04 Å². The van der Waals surface area contributed by atoms with Gasteiger partial charge in [-0.2, -0.15) is 0 Å². The van der Waals surface area contributed by atoms with Gasteiger partial charge >= 0.3 is 0 Å². The Morgan fingerprint density at radius 1 is 1.16 bits per heavy atom. The summed E-state index contributed by atoms with van der Waals surface area (Å²) in [7, 11) is 0. The molecule has 19 heavy (non-hydrogen) atoms. The van der Waals surface area contributed by atoms with Gasteiger partial charge in [-0.15, -0.1) is 0 Å². The molecule has 0 unspecified atom stereocenters. The lowest BCUT2D eigenvalue weighted by atomic mass is 10.1. The van der Waals surface area contributed by atoms with Crippen molar-refractivity contribution in [3.8, 4) is 0 Å². The quantitative estimate of drug-likeness (QED) is 0.738. The molecular weight excluding hydrogens is 240 g/mol. The minimum Gasteiger partial charge on any atom is -0.456 e. The van der Waals surface area contributed by atoms with E-state index in [9.17, 15) is 4.79 Å². The molecule has 0 aliphatic rings. The first kappa shape index (κ1) is 11.7. The van der Waals surface area contributed by atoms with Crippen molar-refractivity contribution in [2.75, 3.05) is 5.32 Å². The summed E-state index contributed by atoms with van der Waals surface area (Å²) in [5, 5.41) is 4.80. The van der Waals surface area contributed by atoms with Crippen LogP contribution >= 0.6 is 0 Å². The monoisotopic (exact) mass is 254 g/mol. The third-order valence-corrected chi connectivity index (χ3v) is 3.06. The lowest BCUT2D eigenvalue weighted by Gasteiger charge is -2.07. The van der Waals surface area contributed by atoms with Crippen molar-refractivity contribution >= 4 is 33.5 Å². The standard InChI is InChI=1S/C15H14N2O2/c1-9(16)15(18)17-10-6-7-14-12(8-10)11-4-2-3-5-13(11)19-14/h2-9H,16H2,1H3,(H,17,18)/t9-/m0/s1. The zero-order valence-electron chi connectivity index (χ0n) is 10.5. The average Bonchev–Trinajstić information content (AvgIpc) is 2.76. The van der Waals surface area contributed by atoms with Gasteiger partial charge < -0.3 is 15.5 Å². The number of furan rings is 1. The number of carbonyl (C=O) groups excluding carboxylic acids is 1. The van der Waals surface area contributed by atoms with Crippen LogP contribution in [0.15, 0.2) is 46.9 Å². The molecule has 3 aromatic rings. The molecule has 0 fully saturated rings. The van der Waals surface area contributed by atoms with Gasteiger partial charge in [0.15, 0.2) is 0 Å². The van der Waals surface area contributed by atoms with Crippen molar-refractivity contribution in [3.05, 3.63) is 42.5 Å². The van der Waals surface area contributed by atoms with E-state index >= 15 is 0 Å². The smallest absolute Gasteiger partial charge is 0.240 e. The summed E-state index contributed by atoms with van der Waals surface area (Å²) in [5.74, 6) is -0.202. The SMILES string of the molecule is C[C@H](N)C(=O)Nc1ccc2oc3ccccc3c2c1. The van der Waals surface area contributed by atoms with Crippen molar-refractivity contribution in [2.24, 2.45) is 5.73 Å². The molecule has 0 spiro atoms. The summed E-state index contributed by atoms with van der Waals surface area (Å²) < 4.78 is 5.72. The molecule has 2 aromatic carbocycles. The maximum Gasteiger partial charge on any atom is 0.240 e. The molecule has 0 saturated carbocycles. The number of carbonyl (C=O) groups is 1. The fraction of sp³-hybridized carbons (Fsp3) is 0.133. The predicted molar refractivity (Wildman–Crippen MR) is 76.0 cm³/mol. The molecule has 0 radical (unpaired) electrons. The normalized spacial score (nSPS) is 12.7. The number of anilines is 1. The van der Waals surface area contributed by atoms with Crippen LogP contribution in [0.5, 0.6) is 0 Å². The Balaban J connectivity index is 2.09. The highest BCUT2D eigenvalue weighted by molar-refractivity contribution is 6.07. The predicted octanol–water partition coefficient (Wildman–Crippen LogP) is 2.87. The Morgan fingerprint density at radius 2 is 1.89 bits per heavy atom. The van der Waals surface area contributed by atoms with Crippen LogP contribution in [0.4, 0.5) is 5.69 Å². The van der Waals surface area contributed by atoms with E-state index in [2.05, 4.69) is 5.32 Å². The second-order valence-corrected chi connectivity index (χ2v) is 4.59. The summed E-state index contributed by atoms with van der Waals surface area (Å²) in [4.78, 5) is 11.6. The number of para-hydroxylation sites is 1. The van der Waals surface area contributed by atoms with Gasteiger partial charge in [0, 0.05) is 16.5 Å². The first-order valence-electron chi connectivity index (χ1n) is 6.13. The summed E-state index contributed by atoms with van der Waals surface area (Å²) in [6.45, 7) is 1.65. The van der Waals surface area contributed by atoms with E-state index in [-0.39, 0.29) is 5.91 Å². The van der Waals surface area contributed by atoms with Crippen molar-refractivity contribution in [3.63, 3.8) is 0 Å². The third kappa shape index (κ3) is 2.06. The fourth-order valence-electron chi connectivity index (χ4n) is 2.06. The number of amides is 1. The zero-order chi connectivity index (χ0) is 13.4. The molecule has 0 aliphatic carbocycles. The maximum atomic E-state index is 11.6. The average molecular weight is 254 g/mol. The largest absolute Gasteiger partial charge is 0.456 e. The maximum absolute atomic E-state index is 11.6. The summed E-state index contributed by atoms with van der Waals surface area (Å²) in [5.41, 5.74) is 7.91. The molecule has 1 aromatic heterocycles. The summed E-state index contributed by atoms with van der Waals surface area (Å²) in [6, 6.07) is 12.9. The van der Waals surface area contributed by atoms with Crippen LogP contribution in [0.25, 0.3) is 21.9 Å². The van der Waals surface area contributed by atoms with Crippen LogP contribution in [0.2, 0.25) is 0 Å². The number of rotatable bonds is 2. The van der Waals surface area contributed by atoms with E-state index in [0.717, 1.165) is 27.6 Å². The van der Waals surface area contributed by atoms with Crippen LogP contribution in [0.1, 0.15) is 6.92 Å². The molecule has 1 amide bonds. The fourth-order valence-corrected chi connectivity index (χ4v) is 2.06. The second kappa shape index (κ2) is 4.40. The molecule has 0 bridgehead atoms. The van der Waals surface area contributed by atoms with Crippen LogP contribution < -0.4 is 11.1 Å². The van der Waals surface area contributed by atoms with Gasteiger partial charge in [0.25, 0.3) is 0 Å². The van der Waals surface area contributed by atoms with E-state index in [0.29, 0.717) is 0 Å². The lowest BCUT2D eigenvalue weighted by Crippen LogP contribution is -2.32. The Morgan fingerprint density at radius 3 is 2.68 bits per heavy atom. The highest BCUT2D eigenvalue weighted by Gasteiger charge is 2.10. The van der Waals surface area contributed by atoms with Crippen molar-refractivity contribution in [1.29, 1.82) is 0 Å². The highest BCUT2D eigenvalue weighted by Crippen LogP contribution is 2.30. The molecule has 0 aliphatic heterocycles. The number of benzene rings is 2. The molecule has 4 nitrogen and oxygen atoms in total. The summed E-state index contributed by atoms with van der Waals surface area (Å²) in [6.07, 6.45) is 0.